The molecule has 0 fully saturated rings. The highest BCUT2D eigenvalue weighted by Gasteiger charge is 2.25. The molecule has 2 aromatic heterocycles. The molecule has 2 heterocycles. The molecule has 148 valence electrons. The average Bonchev–Trinajstić information content (AvgIpc) is 3.29. The van der Waals surface area contributed by atoms with Gasteiger partial charge in [-0.05, 0) is 43.0 Å². The minimum Gasteiger partial charge on any atom is -0.360 e. The standard InChI is InChI=1S/C22H19ClFN3O2/c1-14-19(21(26-29-14)20-16(23)7-4-8-17(20)24)22(28)25-11-5-12-27-13-10-15-6-2-3-9-18(15)27/h2-4,6-10,13H,5,11-12H2,1H3,(H,25,28). The van der Waals surface area contributed by atoms with Crippen molar-refractivity contribution in [3.63, 3.8) is 0 Å². The Morgan fingerprint density at radius 3 is 2.86 bits per heavy atom. The summed E-state index contributed by atoms with van der Waals surface area (Å²) in [6, 6.07) is 14.5. The van der Waals surface area contributed by atoms with Gasteiger partial charge < -0.3 is 14.4 Å². The number of hydrogen-bond donors (Lipinski definition) is 1. The van der Waals surface area contributed by atoms with E-state index in [9.17, 15) is 9.18 Å². The van der Waals surface area contributed by atoms with Gasteiger partial charge in [-0.1, -0.05) is 41.0 Å². The van der Waals surface area contributed by atoms with Crippen LogP contribution in [0.5, 0.6) is 0 Å². The Kier molecular flexibility index (Phi) is 5.36. The maximum absolute atomic E-state index is 14.3. The Bertz CT molecular complexity index is 1160. The third-order valence-corrected chi connectivity index (χ3v) is 5.15. The first-order valence-corrected chi connectivity index (χ1v) is 9.67. The Morgan fingerprint density at radius 2 is 2.03 bits per heavy atom. The lowest BCUT2D eigenvalue weighted by Gasteiger charge is -2.09. The van der Waals surface area contributed by atoms with Crippen molar-refractivity contribution in [2.24, 2.45) is 0 Å². The van der Waals surface area contributed by atoms with Crippen molar-refractivity contribution in [3.8, 4) is 11.3 Å². The second-order valence-corrected chi connectivity index (χ2v) is 7.14. The van der Waals surface area contributed by atoms with Gasteiger partial charge in [0.2, 0.25) is 0 Å². The first kappa shape index (κ1) is 19.2. The van der Waals surface area contributed by atoms with Crippen LogP contribution in [0.4, 0.5) is 4.39 Å². The third kappa shape index (κ3) is 3.76. The third-order valence-electron chi connectivity index (χ3n) is 4.83. The predicted octanol–water partition coefficient (Wildman–Crippen LogP) is 5.22. The Hall–Kier alpha value is -3.12. The van der Waals surface area contributed by atoms with Crippen LogP contribution in [0, 0.1) is 12.7 Å². The minimum atomic E-state index is -0.556. The molecule has 0 unspecified atom stereocenters. The maximum atomic E-state index is 14.3. The van der Waals surface area contributed by atoms with Gasteiger partial charge in [0.05, 0.1) is 10.6 Å². The zero-order valence-electron chi connectivity index (χ0n) is 15.8. The number of hydrogen-bond acceptors (Lipinski definition) is 3. The van der Waals surface area contributed by atoms with Gasteiger partial charge in [-0.3, -0.25) is 4.79 Å². The van der Waals surface area contributed by atoms with E-state index in [1.807, 2.05) is 18.3 Å². The molecule has 0 saturated carbocycles. The number of fused-ring (bicyclic) bond motifs is 1. The number of halogens is 2. The number of benzene rings is 2. The first-order chi connectivity index (χ1) is 14.1. The molecule has 0 aliphatic carbocycles. The number of carbonyl (C=O) groups excluding carboxylic acids is 1. The van der Waals surface area contributed by atoms with E-state index in [0.29, 0.717) is 12.3 Å². The largest absolute Gasteiger partial charge is 0.360 e. The van der Waals surface area contributed by atoms with E-state index in [2.05, 4.69) is 33.2 Å². The lowest BCUT2D eigenvalue weighted by atomic mass is 10.0. The molecule has 0 spiro atoms. The van der Waals surface area contributed by atoms with Crippen molar-refractivity contribution in [3.05, 3.63) is 76.9 Å². The average molecular weight is 412 g/mol. The van der Waals surface area contributed by atoms with Gasteiger partial charge in [-0.25, -0.2) is 4.39 Å². The molecular weight excluding hydrogens is 393 g/mol. The van der Waals surface area contributed by atoms with Crippen molar-refractivity contribution in [2.45, 2.75) is 19.9 Å². The second kappa shape index (κ2) is 8.09. The molecule has 0 radical (unpaired) electrons. The number of amides is 1. The van der Waals surface area contributed by atoms with Gasteiger partial charge in [-0.15, -0.1) is 0 Å². The Morgan fingerprint density at radius 1 is 1.21 bits per heavy atom. The highest BCUT2D eigenvalue weighted by molar-refractivity contribution is 6.33. The normalized spacial score (nSPS) is 11.1. The van der Waals surface area contributed by atoms with E-state index in [0.717, 1.165) is 18.5 Å². The van der Waals surface area contributed by atoms with Gasteiger partial charge in [0.15, 0.2) is 0 Å². The topological polar surface area (TPSA) is 60.1 Å². The summed E-state index contributed by atoms with van der Waals surface area (Å²) < 4.78 is 21.6. The van der Waals surface area contributed by atoms with Crippen molar-refractivity contribution < 1.29 is 13.7 Å². The van der Waals surface area contributed by atoms with Gasteiger partial charge >= 0.3 is 0 Å². The monoisotopic (exact) mass is 411 g/mol. The van der Waals surface area contributed by atoms with Crippen LogP contribution in [-0.2, 0) is 6.54 Å². The summed E-state index contributed by atoms with van der Waals surface area (Å²) in [5.74, 6) is -0.608. The number of carbonyl (C=O) groups is 1. The highest BCUT2D eigenvalue weighted by atomic mass is 35.5. The molecule has 4 aromatic rings. The molecule has 0 aliphatic heterocycles. The molecule has 1 N–H and O–H groups in total. The van der Waals surface area contributed by atoms with E-state index in [-0.39, 0.29) is 27.8 Å². The quantitative estimate of drug-likeness (QED) is 0.442. The fourth-order valence-corrected chi connectivity index (χ4v) is 3.66. The van der Waals surface area contributed by atoms with Gasteiger partial charge in [0, 0.05) is 24.8 Å². The molecule has 0 saturated heterocycles. The number of rotatable bonds is 6. The smallest absolute Gasteiger partial charge is 0.257 e. The fourth-order valence-electron chi connectivity index (χ4n) is 3.41. The summed E-state index contributed by atoms with van der Waals surface area (Å²) in [6.45, 7) is 2.84. The van der Waals surface area contributed by atoms with Crippen LogP contribution in [0.25, 0.3) is 22.2 Å². The van der Waals surface area contributed by atoms with Gasteiger partial charge in [0.1, 0.15) is 22.8 Å². The second-order valence-electron chi connectivity index (χ2n) is 6.74. The van der Waals surface area contributed by atoms with Crippen LogP contribution in [0.2, 0.25) is 5.02 Å². The van der Waals surface area contributed by atoms with E-state index >= 15 is 0 Å². The summed E-state index contributed by atoms with van der Waals surface area (Å²) in [5, 5.41) is 8.09. The summed E-state index contributed by atoms with van der Waals surface area (Å²) in [6.07, 6.45) is 2.78. The molecule has 1 amide bonds. The molecule has 4 rings (SSSR count). The van der Waals surface area contributed by atoms with E-state index in [1.54, 1.807) is 13.0 Å². The number of para-hydroxylation sites is 1. The molecule has 29 heavy (non-hydrogen) atoms. The van der Waals surface area contributed by atoms with E-state index in [1.165, 1.54) is 17.5 Å². The molecule has 5 nitrogen and oxygen atoms in total. The fraction of sp³-hybridized carbons (Fsp3) is 0.182. The number of aromatic nitrogens is 2. The molecule has 2 aromatic carbocycles. The van der Waals surface area contributed by atoms with Crippen molar-refractivity contribution in [1.29, 1.82) is 0 Å². The Balaban J connectivity index is 1.45. The molecule has 0 atom stereocenters. The van der Waals surface area contributed by atoms with Crippen LogP contribution in [0.3, 0.4) is 0 Å². The summed E-state index contributed by atoms with van der Waals surface area (Å²) in [7, 11) is 0. The summed E-state index contributed by atoms with van der Waals surface area (Å²) in [4.78, 5) is 12.7. The highest BCUT2D eigenvalue weighted by Crippen LogP contribution is 2.33. The van der Waals surface area contributed by atoms with E-state index < -0.39 is 5.82 Å². The van der Waals surface area contributed by atoms with Crippen molar-refractivity contribution in [2.75, 3.05) is 6.54 Å². The number of nitrogens with zero attached hydrogens (tertiary/aromatic N) is 2. The van der Waals surface area contributed by atoms with Crippen LogP contribution < -0.4 is 5.32 Å². The summed E-state index contributed by atoms with van der Waals surface area (Å²) in [5.41, 5.74) is 1.53. The summed E-state index contributed by atoms with van der Waals surface area (Å²) >= 11 is 6.13. The Labute approximate surface area is 172 Å². The molecule has 7 heteroatoms. The SMILES string of the molecule is Cc1onc(-c2c(F)cccc2Cl)c1C(=O)NCCCn1ccc2ccccc21. The van der Waals surface area contributed by atoms with Crippen LogP contribution in [-0.4, -0.2) is 22.2 Å². The lowest BCUT2D eigenvalue weighted by molar-refractivity contribution is 0.0952. The number of aryl methyl sites for hydroxylation is 2. The molecular formula is C22H19ClFN3O2. The van der Waals surface area contributed by atoms with Crippen LogP contribution in [0.15, 0.2) is 59.3 Å². The van der Waals surface area contributed by atoms with Crippen molar-refractivity contribution >= 4 is 28.4 Å². The number of nitrogens with one attached hydrogen (secondary N) is 1. The predicted molar refractivity (Wildman–Crippen MR) is 111 cm³/mol. The zero-order chi connectivity index (χ0) is 20.4. The van der Waals surface area contributed by atoms with Gasteiger partial charge in [-0.2, -0.15) is 0 Å². The van der Waals surface area contributed by atoms with Crippen LogP contribution >= 0.6 is 11.6 Å². The first-order valence-electron chi connectivity index (χ1n) is 9.29. The lowest BCUT2D eigenvalue weighted by Crippen LogP contribution is -2.26. The zero-order valence-corrected chi connectivity index (χ0v) is 16.5. The van der Waals surface area contributed by atoms with Crippen LogP contribution in [0.1, 0.15) is 22.5 Å². The van der Waals surface area contributed by atoms with Crippen molar-refractivity contribution in [1.82, 2.24) is 15.0 Å². The minimum absolute atomic E-state index is 0.0648. The van der Waals surface area contributed by atoms with Gasteiger partial charge in [0.25, 0.3) is 5.91 Å². The molecule has 0 aliphatic rings. The molecule has 0 bridgehead atoms. The van der Waals surface area contributed by atoms with E-state index in [4.69, 9.17) is 16.1 Å². The maximum Gasteiger partial charge on any atom is 0.257 e.